The van der Waals surface area contributed by atoms with Gasteiger partial charge in [-0.05, 0) is 37.9 Å². The van der Waals surface area contributed by atoms with Gasteiger partial charge in [0.2, 0.25) is 0 Å². The topological polar surface area (TPSA) is 21.3 Å². The first-order chi connectivity index (χ1) is 7.36. The molecule has 0 amide bonds. The molecule has 1 aromatic rings. The molecule has 1 N–H and O–H groups in total. The van der Waals surface area contributed by atoms with E-state index in [9.17, 15) is 0 Å². The maximum atomic E-state index is 5.13. The molecular weight excluding hydrogens is 186 g/mol. The highest BCUT2D eigenvalue weighted by molar-refractivity contribution is 5.15. The van der Waals surface area contributed by atoms with Crippen molar-refractivity contribution >= 4 is 0 Å². The predicted molar refractivity (Wildman–Crippen MR) is 64.1 cm³/mol. The van der Waals surface area contributed by atoms with Crippen LogP contribution >= 0.6 is 0 Å². The fraction of sp³-hybridized carbons (Fsp3) is 0.538. The number of hydrogen-bond acceptors (Lipinski definition) is 2. The van der Waals surface area contributed by atoms with Crippen molar-refractivity contribution in [1.82, 2.24) is 5.32 Å². The minimum Gasteiger partial charge on any atom is -0.385 e. The van der Waals surface area contributed by atoms with Gasteiger partial charge in [-0.15, -0.1) is 0 Å². The van der Waals surface area contributed by atoms with Crippen molar-refractivity contribution in [2.45, 2.75) is 12.8 Å². The van der Waals surface area contributed by atoms with E-state index in [1.807, 2.05) is 7.05 Å². The normalized spacial score (nSPS) is 12.7. The van der Waals surface area contributed by atoms with E-state index >= 15 is 0 Å². The molecule has 0 heterocycles. The quantitative estimate of drug-likeness (QED) is 0.739. The number of methoxy groups -OCH3 is 1. The second-order valence-electron chi connectivity index (χ2n) is 3.89. The Labute approximate surface area is 92.6 Å². The van der Waals surface area contributed by atoms with Crippen molar-refractivity contribution in [3.05, 3.63) is 35.9 Å². The maximum absolute atomic E-state index is 5.13. The lowest BCUT2D eigenvalue weighted by Gasteiger charge is -2.15. The fourth-order valence-electron chi connectivity index (χ4n) is 1.80. The second kappa shape index (κ2) is 7.43. The molecule has 2 heteroatoms. The maximum Gasteiger partial charge on any atom is 0.0465 e. The molecule has 1 unspecified atom stereocenters. The zero-order valence-corrected chi connectivity index (χ0v) is 9.70. The van der Waals surface area contributed by atoms with Crippen LogP contribution in [-0.2, 0) is 11.2 Å². The van der Waals surface area contributed by atoms with E-state index < -0.39 is 0 Å². The zero-order chi connectivity index (χ0) is 10.9. The van der Waals surface area contributed by atoms with Gasteiger partial charge in [0.1, 0.15) is 0 Å². The first-order valence-corrected chi connectivity index (χ1v) is 5.54. The molecule has 0 radical (unpaired) electrons. The lowest BCUT2D eigenvalue weighted by molar-refractivity contribution is 0.176. The number of rotatable bonds is 7. The average Bonchev–Trinajstić information content (AvgIpc) is 2.28. The van der Waals surface area contributed by atoms with Gasteiger partial charge >= 0.3 is 0 Å². The van der Waals surface area contributed by atoms with E-state index in [4.69, 9.17) is 4.74 Å². The average molecular weight is 207 g/mol. The standard InChI is InChI=1S/C13H21NO/c1-14-11-13(8-9-15-2)10-12-6-4-3-5-7-12/h3-7,13-14H,8-11H2,1-2H3. The summed E-state index contributed by atoms with van der Waals surface area (Å²) in [6.07, 6.45) is 2.25. The third kappa shape index (κ3) is 4.96. The molecule has 0 aliphatic carbocycles. The van der Waals surface area contributed by atoms with Crippen LogP contribution in [0.5, 0.6) is 0 Å². The summed E-state index contributed by atoms with van der Waals surface area (Å²) in [5, 5.41) is 3.24. The first kappa shape index (κ1) is 12.2. The minimum absolute atomic E-state index is 0.664. The van der Waals surface area contributed by atoms with E-state index in [0.717, 1.165) is 26.0 Å². The van der Waals surface area contributed by atoms with Crippen LogP contribution < -0.4 is 5.32 Å². The van der Waals surface area contributed by atoms with Gasteiger partial charge < -0.3 is 10.1 Å². The van der Waals surface area contributed by atoms with Gasteiger partial charge in [0.25, 0.3) is 0 Å². The molecular formula is C13H21NO. The Balaban J connectivity index is 2.43. The Bertz CT molecular complexity index is 248. The van der Waals surface area contributed by atoms with Crippen molar-refractivity contribution in [2.75, 3.05) is 27.3 Å². The molecule has 1 atom stereocenters. The van der Waals surface area contributed by atoms with Crippen molar-refractivity contribution in [3.63, 3.8) is 0 Å². The molecule has 0 aliphatic heterocycles. The van der Waals surface area contributed by atoms with Gasteiger partial charge in [0.05, 0.1) is 0 Å². The van der Waals surface area contributed by atoms with Gasteiger partial charge in [-0.1, -0.05) is 30.3 Å². The van der Waals surface area contributed by atoms with Crippen LogP contribution in [0.2, 0.25) is 0 Å². The number of ether oxygens (including phenoxy) is 1. The van der Waals surface area contributed by atoms with Crippen LogP contribution in [0.1, 0.15) is 12.0 Å². The highest BCUT2D eigenvalue weighted by Gasteiger charge is 2.08. The molecule has 0 bridgehead atoms. The fourth-order valence-corrected chi connectivity index (χ4v) is 1.80. The van der Waals surface area contributed by atoms with Crippen molar-refractivity contribution < 1.29 is 4.74 Å². The Morgan fingerprint density at radius 1 is 1.27 bits per heavy atom. The molecule has 0 aromatic heterocycles. The summed E-state index contributed by atoms with van der Waals surface area (Å²) in [6, 6.07) is 10.6. The lowest BCUT2D eigenvalue weighted by Crippen LogP contribution is -2.22. The van der Waals surface area contributed by atoms with Gasteiger partial charge in [-0.25, -0.2) is 0 Å². The van der Waals surface area contributed by atoms with Gasteiger partial charge in [-0.2, -0.15) is 0 Å². The van der Waals surface area contributed by atoms with Crippen LogP contribution in [0.25, 0.3) is 0 Å². The highest BCUT2D eigenvalue weighted by Crippen LogP contribution is 2.11. The van der Waals surface area contributed by atoms with Gasteiger partial charge in [0, 0.05) is 13.7 Å². The molecule has 0 aliphatic rings. The third-order valence-corrected chi connectivity index (χ3v) is 2.59. The van der Waals surface area contributed by atoms with Crippen LogP contribution in [-0.4, -0.2) is 27.3 Å². The molecule has 1 aromatic carbocycles. The summed E-state index contributed by atoms with van der Waals surface area (Å²) in [7, 11) is 3.77. The predicted octanol–water partition coefficient (Wildman–Crippen LogP) is 2.10. The summed E-state index contributed by atoms with van der Waals surface area (Å²) < 4.78 is 5.13. The summed E-state index contributed by atoms with van der Waals surface area (Å²) >= 11 is 0. The highest BCUT2D eigenvalue weighted by atomic mass is 16.5. The van der Waals surface area contributed by atoms with E-state index in [2.05, 4.69) is 35.6 Å². The van der Waals surface area contributed by atoms with Crippen LogP contribution in [0.4, 0.5) is 0 Å². The van der Waals surface area contributed by atoms with Gasteiger partial charge in [0.15, 0.2) is 0 Å². The van der Waals surface area contributed by atoms with Gasteiger partial charge in [-0.3, -0.25) is 0 Å². The lowest BCUT2D eigenvalue weighted by atomic mass is 9.96. The van der Waals surface area contributed by atoms with E-state index in [0.29, 0.717) is 5.92 Å². The van der Waals surface area contributed by atoms with E-state index in [1.54, 1.807) is 7.11 Å². The SMILES string of the molecule is CNCC(CCOC)Cc1ccccc1. The van der Waals surface area contributed by atoms with Crippen LogP contribution in [0, 0.1) is 5.92 Å². The number of nitrogens with one attached hydrogen (secondary N) is 1. The summed E-state index contributed by atoms with van der Waals surface area (Å²) in [4.78, 5) is 0. The van der Waals surface area contributed by atoms with Crippen LogP contribution in [0.3, 0.4) is 0 Å². The Morgan fingerprint density at radius 2 is 2.00 bits per heavy atom. The third-order valence-electron chi connectivity index (χ3n) is 2.59. The van der Waals surface area contributed by atoms with Crippen molar-refractivity contribution in [1.29, 1.82) is 0 Å². The molecule has 2 nitrogen and oxygen atoms in total. The Morgan fingerprint density at radius 3 is 2.60 bits per heavy atom. The summed E-state index contributed by atoms with van der Waals surface area (Å²) in [5.74, 6) is 0.664. The molecule has 0 spiro atoms. The molecule has 0 fully saturated rings. The number of hydrogen-bond donors (Lipinski definition) is 1. The monoisotopic (exact) mass is 207 g/mol. The summed E-state index contributed by atoms with van der Waals surface area (Å²) in [6.45, 7) is 1.90. The molecule has 1 rings (SSSR count). The smallest absolute Gasteiger partial charge is 0.0465 e. The Hall–Kier alpha value is -0.860. The van der Waals surface area contributed by atoms with Crippen molar-refractivity contribution in [2.24, 2.45) is 5.92 Å². The second-order valence-corrected chi connectivity index (χ2v) is 3.89. The first-order valence-electron chi connectivity index (χ1n) is 5.54. The van der Waals surface area contributed by atoms with E-state index in [-0.39, 0.29) is 0 Å². The van der Waals surface area contributed by atoms with E-state index in [1.165, 1.54) is 5.56 Å². The molecule has 84 valence electrons. The number of benzene rings is 1. The molecule has 0 saturated heterocycles. The minimum atomic E-state index is 0.664. The van der Waals surface area contributed by atoms with Crippen molar-refractivity contribution in [3.8, 4) is 0 Å². The Kier molecular flexibility index (Phi) is 6.05. The summed E-state index contributed by atoms with van der Waals surface area (Å²) in [5.41, 5.74) is 1.41. The molecule has 15 heavy (non-hydrogen) atoms. The van der Waals surface area contributed by atoms with Crippen LogP contribution in [0.15, 0.2) is 30.3 Å². The largest absolute Gasteiger partial charge is 0.385 e. The molecule has 0 saturated carbocycles. The zero-order valence-electron chi connectivity index (χ0n) is 9.70.